The van der Waals surface area contributed by atoms with E-state index in [0.717, 1.165) is 8.95 Å². The molecule has 0 saturated heterocycles. The predicted molar refractivity (Wildman–Crippen MR) is 124 cm³/mol. The lowest BCUT2D eigenvalue weighted by Crippen LogP contribution is -2.14. The predicted octanol–water partition coefficient (Wildman–Crippen LogP) is 3.77. The van der Waals surface area contributed by atoms with Crippen LogP contribution in [0, 0.1) is 0 Å². The maximum Gasteiger partial charge on any atom is 0.277 e. The van der Waals surface area contributed by atoms with Crippen LogP contribution in [0.5, 0.6) is 0 Å². The normalized spacial score (nSPS) is 9.81. The molecule has 0 unspecified atom stereocenters. The van der Waals surface area contributed by atoms with Crippen LogP contribution in [0.15, 0.2) is 82.8 Å². The number of hydrogen-bond donors (Lipinski definition) is 2. The Hall–Kier alpha value is -3.64. The third-order valence-corrected chi connectivity index (χ3v) is 4.47. The number of nitrogens with zero attached hydrogens (tertiary/aromatic N) is 6. The Morgan fingerprint density at radius 3 is 1.34 bits per heavy atom. The molecular formula is C20H14Br2N8O2. The fourth-order valence-electron chi connectivity index (χ4n) is 2.09. The summed E-state index contributed by atoms with van der Waals surface area (Å²) >= 11 is 6.52. The van der Waals surface area contributed by atoms with E-state index in [1.54, 1.807) is 36.7 Å². The van der Waals surface area contributed by atoms with Crippen molar-refractivity contribution < 1.29 is 9.59 Å². The van der Waals surface area contributed by atoms with Gasteiger partial charge in [0.15, 0.2) is 0 Å². The zero-order valence-electron chi connectivity index (χ0n) is 16.2. The van der Waals surface area contributed by atoms with E-state index in [9.17, 15) is 9.59 Å². The molecule has 0 saturated carbocycles. The Morgan fingerprint density at radius 2 is 1.03 bits per heavy atom. The van der Waals surface area contributed by atoms with Gasteiger partial charge in [-0.15, -0.1) is 0 Å². The van der Waals surface area contributed by atoms with Gasteiger partial charge in [0, 0.05) is 46.1 Å². The van der Waals surface area contributed by atoms with Crippen LogP contribution in [0.4, 0.5) is 11.6 Å². The zero-order chi connectivity index (χ0) is 22.8. The first-order chi connectivity index (χ1) is 15.5. The van der Waals surface area contributed by atoms with Gasteiger partial charge in [0.05, 0.1) is 12.4 Å². The van der Waals surface area contributed by atoms with Gasteiger partial charge in [-0.05, 0) is 56.1 Å². The third-order valence-electron chi connectivity index (χ3n) is 3.53. The maximum atomic E-state index is 11.6. The Balaban J connectivity index is 0.000000181. The quantitative estimate of drug-likeness (QED) is 0.387. The van der Waals surface area contributed by atoms with Gasteiger partial charge in [0.1, 0.15) is 23.0 Å². The van der Waals surface area contributed by atoms with Gasteiger partial charge < -0.3 is 10.6 Å². The number of rotatable bonds is 4. The Morgan fingerprint density at radius 1 is 0.594 bits per heavy atom. The molecule has 160 valence electrons. The first-order valence-corrected chi connectivity index (χ1v) is 10.5. The first-order valence-electron chi connectivity index (χ1n) is 8.89. The minimum atomic E-state index is -0.331. The summed E-state index contributed by atoms with van der Waals surface area (Å²) < 4.78 is 1.70. The average Bonchev–Trinajstić information content (AvgIpc) is 2.83. The molecule has 10 nitrogen and oxygen atoms in total. The van der Waals surface area contributed by atoms with Gasteiger partial charge in [-0.3, -0.25) is 19.6 Å². The summed E-state index contributed by atoms with van der Waals surface area (Å²) in [5.74, 6) is 0.281. The highest BCUT2D eigenvalue weighted by atomic mass is 79.9. The van der Waals surface area contributed by atoms with Crippen molar-refractivity contribution in [2.45, 2.75) is 0 Å². The molecule has 0 aliphatic carbocycles. The molecule has 0 spiro atoms. The molecule has 2 amide bonds. The summed E-state index contributed by atoms with van der Waals surface area (Å²) in [4.78, 5) is 46.7. The van der Waals surface area contributed by atoms with Crippen molar-refractivity contribution >= 4 is 55.3 Å². The molecule has 0 radical (unpaired) electrons. The summed E-state index contributed by atoms with van der Waals surface area (Å²) in [5, 5.41) is 5.22. The molecule has 4 heterocycles. The molecule has 0 aliphatic heterocycles. The lowest BCUT2D eigenvalue weighted by atomic mass is 10.4. The number of pyridine rings is 2. The van der Waals surface area contributed by atoms with E-state index in [0.29, 0.717) is 11.6 Å². The number of nitrogens with one attached hydrogen (secondary N) is 2. The molecule has 12 heteroatoms. The molecule has 0 aromatic carbocycles. The molecule has 0 aliphatic rings. The molecule has 4 rings (SSSR count). The fourth-order valence-corrected chi connectivity index (χ4v) is 2.56. The van der Waals surface area contributed by atoms with Gasteiger partial charge in [0.2, 0.25) is 0 Å². The summed E-state index contributed by atoms with van der Waals surface area (Å²) in [7, 11) is 0. The van der Waals surface area contributed by atoms with Crippen LogP contribution in [-0.2, 0) is 0 Å². The molecular weight excluding hydrogens is 544 g/mol. The van der Waals surface area contributed by atoms with Gasteiger partial charge in [-0.1, -0.05) is 0 Å². The van der Waals surface area contributed by atoms with Crippen LogP contribution in [0.1, 0.15) is 21.0 Å². The number of aromatic nitrogens is 6. The molecule has 0 atom stereocenters. The van der Waals surface area contributed by atoms with Gasteiger partial charge >= 0.3 is 0 Å². The number of carbonyl (C=O) groups excluding carboxylic acids is 2. The van der Waals surface area contributed by atoms with E-state index in [2.05, 4.69) is 72.4 Å². The molecule has 0 fully saturated rings. The number of halogens is 2. The standard InChI is InChI=1S/2C10H7BrN4O/c2*11-7-1-2-9(14-5-7)15-10(16)8-6-12-3-4-13-8/h2*1-6H,(H,14,15,16). The Labute approximate surface area is 199 Å². The lowest BCUT2D eigenvalue weighted by molar-refractivity contribution is 0.101. The average molecular weight is 558 g/mol. The van der Waals surface area contributed by atoms with Crippen molar-refractivity contribution in [1.82, 2.24) is 29.9 Å². The van der Waals surface area contributed by atoms with E-state index in [4.69, 9.17) is 0 Å². The van der Waals surface area contributed by atoms with Crippen LogP contribution in [-0.4, -0.2) is 41.7 Å². The first kappa shape index (κ1) is 23.0. The second kappa shape index (κ2) is 11.7. The van der Waals surface area contributed by atoms with Crippen LogP contribution in [0.3, 0.4) is 0 Å². The van der Waals surface area contributed by atoms with Crippen molar-refractivity contribution in [3.8, 4) is 0 Å². The van der Waals surface area contributed by atoms with Crippen molar-refractivity contribution in [3.05, 3.63) is 94.2 Å². The van der Waals surface area contributed by atoms with E-state index in [1.165, 1.54) is 37.2 Å². The molecule has 0 bridgehead atoms. The highest BCUT2D eigenvalue weighted by Gasteiger charge is 2.08. The third kappa shape index (κ3) is 7.25. The second-order valence-electron chi connectivity index (χ2n) is 5.81. The van der Waals surface area contributed by atoms with Crippen LogP contribution >= 0.6 is 31.9 Å². The van der Waals surface area contributed by atoms with Crippen molar-refractivity contribution in [1.29, 1.82) is 0 Å². The molecule has 4 aromatic rings. The topological polar surface area (TPSA) is 136 Å². The van der Waals surface area contributed by atoms with Gasteiger partial charge in [-0.25, -0.2) is 19.9 Å². The van der Waals surface area contributed by atoms with Crippen LogP contribution in [0.2, 0.25) is 0 Å². The fraction of sp³-hybridized carbons (Fsp3) is 0. The number of hydrogen-bond acceptors (Lipinski definition) is 8. The lowest BCUT2D eigenvalue weighted by Gasteiger charge is -2.02. The van der Waals surface area contributed by atoms with Crippen LogP contribution in [0.25, 0.3) is 0 Å². The number of anilines is 2. The van der Waals surface area contributed by atoms with Crippen molar-refractivity contribution in [3.63, 3.8) is 0 Å². The van der Waals surface area contributed by atoms with Crippen molar-refractivity contribution in [2.75, 3.05) is 10.6 Å². The van der Waals surface area contributed by atoms with E-state index in [1.807, 2.05) is 0 Å². The molecule has 4 aromatic heterocycles. The SMILES string of the molecule is O=C(Nc1ccc(Br)cn1)c1cnccn1.O=C(Nc1ccc(Br)cn1)c1cnccn1. The summed E-state index contributed by atoms with van der Waals surface area (Å²) in [6, 6.07) is 6.97. The summed E-state index contributed by atoms with van der Waals surface area (Å²) in [6.45, 7) is 0. The van der Waals surface area contributed by atoms with E-state index < -0.39 is 0 Å². The van der Waals surface area contributed by atoms with E-state index >= 15 is 0 Å². The van der Waals surface area contributed by atoms with Crippen molar-refractivity contribution in [2.24, 2.45) is 0 Å². The number of amides is 2. The number of carbonyl (C=O) groups is 2. The monoisotopic (exact) mass is 556 g/mol. The van der Waals surface area contributed by atoms with Gasteiger partial charge in [0.25, 0.3) is 11.8 Å². The van der Waals surface area contributed by atoms with E-state index in [-0.39, 0.29) is 23.2 Å². The second-order valence-corrected chi connectivity index (χ2v) is 7.64. The largest absolute Gasteiger partial charge is 0.305 e. The Kier molecular flexibility index (Phi) is 8.40. The Bertz CT molecular complexity index is 1070. The summed E-state index contributed by atoms with van der Waals surface area (Å²) in [5.41, 5.74) is 0.513. The smallest absolute Gasteiger partial charge is 0.277 e. The molecule has 2 N–H and O–H groups in total. The molecule has 32 heavy (non-hydrogen) atoms. The van der Waals surface area contributed by atoms with Gasteiger partial charge in [-0.2, -0.15) is 0 Å². The van der Waals surface area contributed by atoms with Crippen LogP contribution < -0.4 is 10.6 Å². The minimum absolute atomic E-state index is 0.257. The minimum Gasteiger partial charge on any atom is -0.305 e. The summed E-state index contributed by atoms with van der Waals surface area (Å²) in [6.07, 6.45) is 11.9. The highest BCUT2D eigenvalue weighted by molar-refractivity contribution is 9.10. The maximum absolute atomic E-state index is 11.6. The highest BCUT2D eigenvalue weighted by Crippen LogP contribution is 2.12. The zero-order valence-corrected chi connectivity index (χ0v) is 19.4.